The van der Waals surface area contributed by atoms with Crippen molar-refractivity contribution in [2.45, 2.75) is 65.8 Å². The Bertz CT molecular complexity index is 747. The summed E-state index contributed by atoms with van der Waals surface area (Å²) in [7, 11) is 0. The third kappa shape index (κ3) is 3.72. The van der Waals surface area contributed by atoms with Crippen molar-refractivity contribution >= 4 is 5.91 Å². The normalized spacial score (nSPS) is 18.2. The van der Waals surface area contributed by atoms with E-state index in [2.05, 4.69) is 22.0 Å². The summed E-state index contributed by atoms with van der Waals surface area (Å²) in [5.41, 5.74) is 3.17. The van der Waals surface area contributed by atoms with E-state index in [1.807, 2.05) is 31.7 Å². The molecule has 1 aliphatic rings. The first kappa shape index (κ1) is 17.6. The Balaban J connectivity index is 1.92. The first-order valence-corrected chi connectivity index (χ1v) is 9.19. The van der Waals surface area contributed by atoms with Gasteiger partial charge in [0.05, 0.1) is 11.3 Å². The lowest BCUT2D eigenvalue weighted by Gasteiger charge is -2.29. The minimum absolute atomic E-state index is 0.0851. The summed E-state index contributed by atoms with van der Waals surface area (Å²) >= 11 is 0. The van der Waals surface area contributed by atoms with E-state index in [1.54, 1.807) is 10.9 Å². The van der Waals surface area contributed by atoms with Crippen molar-refractivity contribution in [3.8, 4) is 5.95 Å². The van der Waals surface area contributed by atoms with Gasteiger partial charge in [-0.2, -0.15) is 5.10 Å². The van der Waals surface area contributed by atoms with E-state index >= 15 is 0 Å². The van der Waals surface area contributed by atoms with Gasteiger partial charge in [-0.3, -0.25) is 4.79 Å². The maximum Gasteiger partial charge on any atom is 0.257 e. The van der Waals surface area contributed by atoms with E-state index in [4.69, 9.17) is 0 Å². The average Bonchev–Trinajstić information content (AvgIpc) is 2.80. The highest BCUT2D eigenvalue weighted by molar-refractivity contribution is 5.95. The third-order valence-corrected chi connectivity index (χ3v) is 4.91. The zero-order chi connectivity index (χ0) is 18.0. The molecule has 1 saturated heterocycles. The van der Waals surface area contributed by atoms with Crippen molar-refractivity contribution in [1.82, 2.24) is 24.6 Å². The van der Waals surface area contributed by atoms with E-state index in [0.717, 1.165) is 42.9 Å². The molecule has 25 heavy (non-hydrogen) atoms. The van der Waals surface area contributed by atoms with Crippen LogP contribution >= 0.6 is 0 Å². The van der Waals surface area contributed by atoms with Gasteiger partial charge in [-0.05, 0) is 46.1 Å². The lowest BCUT2D eigenvalue weighted by atomic mass is 10.1. The Morgan fingerprint density at radius 2 is 1.88 bits per heavy atom. The number of rotatable bonds is 3. The van der Waals surface area contributed by atoms with Crippen LogP contribution < -0.4 is 0 Å². The number of likely N-dealkylation sites (tertiary alicyclic amines) is 1. The molecule has 2 aromatic rings. The maximum absolute atomic E-state index is 13.2. The van der Waals surface area contributed by atoms with E-state index in [1.165, 1.54) is 12.8 Å². The monoisotopic (exact) mass is 341 g/mol. The summed E-state index contributed by atoms with van der Waals surface area (Å²) in [5, 5.41) is 4.50. The fourth-order valence-electron chi connectivity index (χ4n) is 3.61. The van der Waals surface area contributed by atoms with Crippen molar-refractivity contribution in [2.24, 2.45) is 0 Å². The van der Waals surface area contributed by atoms with Gasteiger partial charge in [-0.1, -0.05) is 19.8 Å². The molecule has 0 aliphatic carbocycles. The van der Waals surface area contributed by atoms with Crippen LogP contribution in [-0.4, -0.2) is 43.1 Å². The highest BCUT2D eigenvalue weighted by Crippen LogP contribution is 2.22. The van der Waals surface area contributed by atoms with Gasteiger partial charge in [0.25, 0.3) is 11.9 Å². The van der Waals surface area contributed by atoms with E-state index in [-0.39, 0.29) is 5.91 Å². The number of carbonyl (C=O) groups excluding carboxylic acids is 1. The van der Waals surface area contributed by atoms with Crippen LogP contribution in [0.3, 0.4) is 0 Å². The molecule has 0 N–H and O–H groups in total. The Kier molecular flexibility index (Phi) is 5.16. The van der Waals surface area contributed by atoms with Crippen molar-refractivity contribution in [3.05, 3.63) is 34.9 Å². The van der Waals surface area contributed by atoms with Gasteiger partial charge in [-0.15, -0.1) is 0 Å². The molecule has 1 atom stereocenters. The van der Waals surface area contributed by atoms with Crippen LogP contribution in [-0.2, 0) is 0 Å². The van der Waals surface area contributed by atoms with E-state index < -0.39 is 0 Å². The fourth-order valence-corrected chi connectivity index (χ4v) is 3.61. The number of amides is 1. The minimum Gasteiger partial charge on any atom is -0.336 e. The molecule has 2 aromatic heterocycles. The number of carbonyl (C=O) groups is 1. The highest BCUT2D eigenvalue weighted by Gasteiger charge is 2.27. The van der Waals surface area contributed by atoms with E-state index in [9.17, 15) is 4.79 Å². The molecule has 0 unspecified atom stereocenters. The Morgan fingerprint density at radius 3 is 2.56 bits per heavy atom. The zero-order valence-corrected chi connectivity index (χ0v) is 15.6. The smallest absolute Gasteiger partial charge is 0.257 e. The average molecular weight is 341 g/mol. The Labute approximate surface area is 149 Å². The van der Waals surface area contributed by atoms with Gasteiger partial charge in [0.1, 0.15) is 0 Å². The largest absolute Gasteiger partial charge is 0.336 e. The van der Waals surface area contributed by atoms with Gasteiger partial charge in [0.2, 0.25) is 0 Å². The molecule has 6 nitrogen and oxygen atoms in total. The molecule has 6 heteroatoms. The molecule has 3 rings (SSSR count). The summed E-state index contributed by atoms with van der Waals surface area (Å²) in [6.07, 6.45) is 7.36. The van der Waals surface area contributed by atoms with Crippen molar-refractivity contribution < 1.29 is 4.79 Å². The van der Waals surface area contributed by atoms with Crippen LogP contribution in [0.15, 0.2) is 12.3 Å². The first-order chi connectivity index (χ1) is 12.0. The fraction of sp³-hybridized carbons (Fsp3) is 0.579. The van der Waals surface area contributed by atoms with Crippen LogP contribution in [0.1, 0.15) is 66.5 Å². The second-order valence-corrected chi connectivity index (χ2v) is 6.93. The Hall–Kier alpha value is -2.24. The second kappa shape index (κ2) is 7.33. The van der Waals surface area contributed by atoms with Crippen LogP contribution in [0.4, 0.5) is 0 Å². The highest BCUT2D eigenvalue weighted by atomic mass is 16.2. The maximum atomic E-state index is 13.2. The lowest BCUT2D eigenvalue weighted by Crippen LogP contribution is -2.39. The summed E-state index contributed by atoms with van der Waals surface area (Å²) in [6, 6.07) is 2.25. The molecule has 1 aliphatic heterocycles. The first-order valence-electron chi connectivity index (χ1n) is 9.19. The molecular formula is C19H27N5O. The lowest BCUT2D eigenvalue weighted by molar-refractivity contribution is 0.0677. The van der Waals surface area contributed by atoms with Gasteiger partial charge in [0, 0.05) is 30.2 Å². The topological polar surface area (TPSA) is 63.9 Å². The van der Waals surface area contributed by atoms with Crippen molar-refractivity contribution in [1.29, 1.82) is 0 Å². The van der Waals surface area contributed by atoms with Crippen molar-refractivity contribution in [2.75, 3.05) is 6.54 Å². The summed E-state index contributed by atoms with van der Waals surface area (Å²) in [6.45, 7) is 8.75. The second-order valence-electron chi connectivity index (χ2n) is 6.93. The number of aromatic nitrogens is 4. The standard InChI is InChI=1S/C19H27N5O/c1-5-16-9-7-6-8-10-23(16)18(25)17-12-24(22-15(17)4)19-20-13(2)11-14(3)21-19/h11-12,16H,5-10H2,1-4H3/t16-/m1/s1. The number of hydrogen-bond acceptors (Lipinski definition) is 4. The summed E-state index contributed by atoms with van der Waals surface area (Å²) in [5.74, 6) is 0.601. The molecule has 0 saturated carbocycles. The number of aryl methyl sites for hydroxylation is 3. The van der Waals surface area contributed by atoms with Crippen molar-refractivity contribution in [3.63, 3.8) is 0 Å². The Morgan fingerprint density at radius 1 is 1.16 bits per heavy atom. The summed E-state index contributed by atoms with van der Waals surface area (Å²) < 4.78 is 1.63. The SMILES string of the molecule is CC[C@@H]1CCCCCN1C(=O)c1cn(-c2nc(C)cc(C)n2)nc1C. The van der Waals surface area contributed by atoms with Crippen LogP contribution in [0.25, 0.3) is 5.95 Å². The minimum atomic E-state index is 0.0851. The molecule has 134 valence electrons. The zero-order valence-electron chi connectivity index (χ0n) is 15.6. The van der Waals surface area contributed by atoms with Crippen LogP contribution in [0.2, 0.25) is 0 Å². The molecule has 0 aromatic carbocycles. The van der Waals surface area contributed by atoms with Gasteiger partial charge < -0.3 is 4.90 Å². The van der Waals surface area contributed by atoms with E-state index in [0.29, 0.717) is 17.6 Å². The molecule has 1 amide bonds. The molecule has 0 spiro atoms. The molecule has 0 radical (unpaired) electrons. The van der Waals surface area contributed by atoms with Gasteiger partial charge in [-0.25, -0.2) is 14.6 Å². The number of nitrogens with zero attached hydrogens (tertiary/aromatic N) is 5. The van der Waals surface area contributed by atoms with Crippen LogP contribution in [0, 0.1) is 20.8 Å². The van der Waals surface area contributed by atoms with Crippen LogP contribution in [0.5, 0.6) is 0 Å². The molecule has 1 fully saturated rings. The molecule has 0 bridgehead atoms. The quantitative estimate of drug-likeness (QED) is 0.858. The predicted molar refractivity (Wildman–Crippen MR) is 96.9 cm³/mol. The molecule has 3 heterocycles. The molecular weight excluding hydrogens is 314 g/mol. The predicted octanol–water partition coefficient (Wildman–Crippen LogP) is 3.38. The van der Waals surface area contributed by atoms with Gasteiger partial charge >= 0.3 is 0 Å². The van der Waals surface area contributed by atoms with Gasteiger partial charge in [0.15, 0.2) is 0 Å². The summed E-state index contributed by atoms with van der Waals surface area (Å²) in [4.78, 5) is 24.1. The number of hydrogen-bond donors (Lipinski definition) is 0. The third-order valence-electron chi connectivity index (χ3n) is 4.91.